The van der Waals surface area contributed by atoms with Crippen molar-refractivity contribution in [2.75, 3.05) is 40.3 Å². The molecule has 21 heavy (non-hydrogen) atoms. The number of carbonyl (C=O) groups is 1. The topological polar surface area (TPSA) is 43.8 Å². The van der Waals surface area contributed by atoms with Crippen LogP contribution >= 0.6 is 0 Å². The maximum absolute atomic E-state index is 12.5. The second-order valence-electron chi connectivity index (χ2n) is 5.64. The molecule has 1 heterocycles. The highest BCUT2D eigenvalue weighted by atomic mass is 16.2. The van der Waals surface area contributed by atoms with Gasteiger partial charge in [-0.25, -0.2) is 0 Å². The first-order chi connectivity index (χ1) is 10.1. The van der Waals surface area contributed by atoms with Crippen LogP contribution in [0.2, 0.25) is 0 Å². The van der Waals surface area contributed by atoms with Gasteiger partial charge in [0.1, 0.15) is 6.61 Å². The molecule has 1 unspecified atom stereocenters. The zero-order chi connectivity index (χ0) is 15.2. The van der Waals surface area contributed by atoms with Crippen LogP contribution in [0.4, 0.5) is 0 Å². The molecule has 0 aromatic heterocycles. The highest BCUT2D eigenvalue weighted by molar-refractivity contribution is 5.94. The van der Waals surface area contributed by atoms with Crippen LogP contribution in [0.15, 0.2) is 24.3 Å². The number of benzene rings is 1. The number of aliphatic hydroxyl groups is 1. The fourth-order valence-corrected chi connectivity index (χ4v) is 2.74. The predicted octanol–water partition coefficient (Wildman–Crippen LogP) is 1.05. The Morgan fingerprint density at radius 2 is 2.33 bits per heavy atom. The van der Waals surface area contributed by atoms with Gasteiger partial charge < -0.3 is 14.9 Å². The van der Waals surface area contributed by atoms with E-state index < -0.39 is 0 Å². The number of amides is 1. The number of hydrogen-bond donors (Lipinski definition) is 1. The number of carbonyl (C=O) groups excluding carboxylic acids is 1. The van der Waals surface area contributed by atoms with E-state index in [2.05, 4.69) is 23.8 Å². The molecule has 0 bridgehead atoms. The summed E-state index contributed by atoms with van der Waals surface area (Å²) in [7, 11) is 3.97. The second kappa shape index (κ2) is 7.26. The van der Waals surface area contributed by atoms with Crippen LogP contribution in [-0.4, -0.2) is 61.2 Å². The maximum Gasteiger partial charge on any atom is 0.253 e. The lowest BCUT2D eigenvalue weighted by Crippen LogP contribution is -2.32. The first kappa shape index (κ1) is 15.6. The van der Waals surface area contributed by atoms with Crippen molar-refractivity contribution in [2.45, 2.75) is 6.42 Å². The summed E-state index contributed by atoms with van der Waals surface area (Å²) >= 11 is 0. The fourth-order valence-electron chi connectivity index (χ4n) is 2.74. The number of rotatable bonds is 3. The van der Waals surface area contributed by atoms with Crippen LogP contribution in [-0.2, 0) is 0 Å². The standard InChI is InChI=1S/C17H22N2O2/c1-18-9-8-15(12-18)13-19(2)17(21)16-7-3-5-14(11-16)6-4-10-20/h3,5,7,11,15,20H,8-10,12-13H2,1-2H3. The average molecular weight is 286 g/mol. The van der Waals surface area contributed by atoms with Crippen molar-refractivity contribution in [3.05, 3.63) is 35.4 Å². The molecule has 0 saturated carbocycles. The molecule has 4 heteroatoms. The molecule has 1 aromatic rings. The van der Waals surface area contributed by atoms with Crippen LogP contribution in [0.25, 0.3) is 0 Å². The van der Waals surface area contributed by atoms with Gasteiger partial charge in [-0.2, -0.15) is 0 Å². The van der Waals surface area contributed by atoms with Crippen molar-refractivity contribution in [1.82, 2.24) is 9.80 Å². The molecule has 0 aliphatic carbocycles. The smallest absolute Gasteiger partial charge is 0.253 e. The van der Waals surface area contributed by atoms with Crippen LogP contribution in [0.1, 0.15) is 22.3 Å². The molecule has 1 aromatic carbocycles. The summed E-state index contributed by atoms with van der Waals surface area (Å²) in [6.07, 6.45) is 1.15. The van der Waals surface area contributed by atoms with Gasteiger partial charge in [-0.1, -0.05) is 17.9 Å². The number of aliphatic hydroxyl groups excluding tert-OH is 1. The van der Waals surface area contributed by atoms with Gasteiger partial charge in [0.05, 0.1) is 0 Å². The average Bonchev–Trinajstić information content (AvgIpc) is 2.89. The summed E-state index contributed by atoms with van der Waals surface area (Å²) < 4.78 is 0. The van der Waals surface area contributed by atoms with Crippen LogP contribution in [0, 0.1) is 17.8 Å². The minimum absolute atomic E-state index is 0.0252. The highest BCUT2D eigenvalue weighted by Gasteiger charge is 2.23. The Balaban J connectivity index is 2.01. The van der Waals surface area contributed by atoms with Gasteiger partial charge in [0.25, 0.3) is 5.91 Å². The molecule has 1 N–H and O–H groups in total. The lowest BCUT2D eigenvalue weighted by atomic mass is 10.1. The monoisotopic (exact) mass is 286 g/mol. The molecule has 0 radical (unpaired) electrons. The van der Waals surface area contributed by atoms with E-state index in [1.807, 2.05) is 25.2 Å². The van der Waals surface area contributed by atoms with Crippen LogP contribution in [0.3, 0.4) is 0 Å². The van der Waals surface area contributed by atoms with Gasteiger partial charge in [0, 0.05) is 31.3 Å². The van der Waals surface area contributed by atoms with E-state index >= 15 is 0 Å². The Kier molecular flexibility index (Phi) is 5.38. The van der Waals surface area contributed by atoms with E-state index in [0.29, 0.717) is 11.5 Å². The molecule has 4 nitrogen and oxygen atoms in total. The van der Waals surface area contributed by atoms with E-state index in [-0.39, 0.29) is 12.5 Å². The number of hydrogen-bond acceptors (Lipinski definition) is 3. The van der Waals surface area contributed by atoms with Crippen molar-refractivity contribution in [3.8, 4) is 11.8 Å². The van der Waals surface area contributed by atoms with Crippen molar-refractivity contribution in [2.24, 2.45) is 5.92 Å². The Labute approximate surface area is 126 Å². The minimum Gasteiger partial charge on any atom is -0.384 e. The SMILES string of the molecule is CN1CCC(CN(C)C(=O)c2cccc(C#CCO)c2)C1. The lowest BCUT2D eigenvalue weighted by molar-refractivity contribution is 0.0774. The molecule has 2 rings (SSSR count). The third kappa shape index (κ3) is 4.32. The summed E-state index contributed by atoms with van der Waals surface area (Å²) in [6, 6.07) is 7.25. The van der Waals surface area contributed by atoms with E-state index in [0.717, 1.165) is 31.6 Å². The normalized spacial score (nSPS) is 18.1. The summed E-state index contributed by atoms with van der Waals surface area (Å²) in [5, 5.41) is 8.72. The van der Waals surface area contributed by atoms with E-state index in [1.54, 1.807) is 11.0 Å². The quantitative estimate of drug-likeness (QED) is 0.845. The molecule has 0 spiro atoms. The molecule has 1 aliphatic rings. The molecule has 1 atom stereocenters. The summed E-state index contributed by atoms with van der Waals surface area (Å²) in [5.74, 6) is 6.01. The number of likely N-dealkylation sites (tertiary alicyclic amines) is 1. The molecule has 1 amide bonds. The third-order valence-electron chi connectivity index (χ3n) is 3.79. The van der Waals surface area contributed by atoms with Crippen molar-refractivity contribution < 1.29 is 9.90 Å². The van der Waals surface area contributed by atoms with E-state index in [1.165, 1.54) is 0 Å². The Morgan fingerprint density at radius 1 is 1.52 bits per heavy atom. The van der Waals surface area contributed by atoms with E-state index in [4.69, 9.17) is 5.11 Å². The molecular weight excluding hydrogens is 264 g/mol. The van der Waals surface area contributed by atoms with Gasteiger partial charge in [0.2, 0.25) is 0 Å². The predicted molar refractivity (Wildman–Crippen MR) is 83.0 cm³/mol. The molecule has 1 aliphatic heterocycles. The Hall–Kier alpha value is -1.83. The largest absolute Gasteiger partial charge is 0.384 e. The summed E-state index contributed by atoms with van der Waals surface area (Å²) in [6.45, 7) is 2.78. The minimum atomic E-state index is -0.173. The van der Waals surface area contributed by atoms with Gasteiger partial charge >= 0.3 is 0 Å². The van der Waals surface area contributed by atoms with Crippen LogP contribution < -0.4 is 0 Å². The zero-order valence-corrected chi connectivity index (χ0v) is 12.7. The zero-order valence-electron chi connectivity index (χ0n) is 12.7. The number of nitrogens with zero attached hydrogens (tertiary/aromatic N) is 2. The first-order valence-electron chi connectivity index (χ1n) is 7.24. The van der Waals surface area contributed by atoms with Crippen molar-refractivity contribution in [1.29, 1.82) is 0 Å². The highest BCUT2D eigenvalue weighted by Crippen LogP contribution is 2.16. The first-order valence-corrected chi connectivity index (χ1v) is 7.24. The molecule has 112 valence electrons. The van der Waals surface area contributed by atoms with Gasteiger partial charge in [0.15, 0.2) is 0 Å². The van der Waals surface area contributed by atoms with Crippen molar-refractivity contribution >= 4 is 5.91 Å². The molecular formula is C17H22N2O2. The Bertz CT molecular complexity index is 559. The fraction of sp³-hybridized carbons (Fsp3) is 0.471. The second-order valence-corrected chi connectivity index (χ2v) is 5.64. The van der Waals surface area contributed by atoms with Crippen molar-refractivity contribution in [3.63, 3.8) is 0 Å². The van der Waals surface area contributed by atoms with Gasteiger partial charge in [-0.05, 0) is 44.1 Å². The van der Waals surface area contributed by atoms with Crippen LogP contribution in [0.5, 0.6) is 0 Å². The van der Waals surface area contributed by atoms with Gasteiger partial charge in [-0.15, -0.1) is 0 Å². The molecule has 1 saturated heterocycles. The lowest BCUT2D eigenvalue weighted by Gasteiger charge is -2.21. The van der Waals surface area contributed by atoms with Gasteiger partial charge in [-0.3, -0.25) is 4.79 Å². The molecule has 1 fully saturated rings. The Morgan fingerprint density at radius 3 is 3.00 bits per heavy atom. The summed E-state index contributed by atoms with van der Waals surface area (Å²) in [4.78, 5) is 16.5. The maximum atomic E-state index is 12.5. The van der Waals surface area contributed by atoms with E-state index in [9.17, 15) is 4.79 Å². The summed E-state index contributed by atoms with van der Waals surface area (Å²) in [5.41, 5.74) is 1.40. The third-order valence-corrected chi connectivity index (χ3v) is 3.79.